The summed E-state index contributed by atoms with van der Waals surface area (Å²) in [5, 5.41) is 1.36. The lowest BCUT2D eigenvalue weighted by Gasteiger charge is -2.15. The van der Waals surface area contributed by atoms with Crippen molar-refractivity contribution in [1.82, 2.24) is 4.98 Å². The summed E-state index contributed by atoms with van der Waals surface area (Å²) in [6.45, 7) is 15.3. The molecule has 1 heterocycles. The van der Waals surface area contributed by atoms with Crippen molar-refractivity contribution in [3.63, 3.8) is 0 Å². The van der Waals surface area contributed by atoms with Crippen molar-refractivity contribution in [3.05, 3.63) is 45.2 Å². The van der Waals surface area contributed by atoms with Crippen LogP contribution in [0.15, 0.2) is 23.5 Å². The Kier molecular flexibility index (Phi) is 3.30. The third kappa shape index (κ3) is 2.27. The van der Waals surface area contributed by atoms with E-state index < -0.39 is 0 Å². The summed E-state index contributed by atoms with van der Waals surface area (Å²) < 4.78 is 0. The largest absolute Gasteiger partial charge is 0.322 e. The van der Waals surface area contributed by atoms with Crippen LogP contribution in [0.25, 0.3) is 13.2 Å². The molecule has 2 nitrogen and oxygen atoms in total. The average molecular weight is 203 g/mol. The molecule has 1 aromatic heterocycles. The van der Waals surface area contributed by atoms with E-state index in [1.165, 1.54) is 0 Å². The second-order valence-corrected chi connectivity index (χ2v) is 3.94. The predicted octanol–water partition coefficient (Wildman–Crippen LogP) is 1.12. The zero-order valence-corrected chi connectivity index (χ0v) is 9.34. The van der Waals surface area contributed by atoms with E-state index >= 15 is 0 Å². The molecule has 0 saturated heterocycles. The molecule has 0 bridgehead atoms. The number of aromatic nitrogens is 1. The van der Waals surface area contributed by atoms with Crippen molar-refractivity contribution in [2.24, 2.45) is 5.92 Å². The third-order valence-corrected chi connectivity index (χ3v) is 2.89. The maximum absolute atomic E-state index is 11.7. The highest BCUT2D eigenvalue weighted by atomic mass is 16.1. The van der Waals surface area contributed by atoms with Gasteiger partial charge in [0.1, 0.15) is 0 Å². The second-order valence-electron chi connectivity index (χ2n) is 3.94. The van der Waals surface area contributed by atoms with Gasteiger partial charge in [0.2, 0.25) is 0 Å². The fraction of sp³-hybridized carbons (Fsp3) is 0.308. The summed E-state index contributed by atoms with van der Waals surface area (Å²) in [6, 6.07) is 1.81. The molecule has 0 spiro atoms. The number of hydrogen-bond acceptors (Lipinski definition) is 1. The van der Waals surface area contributed by atoms with Crippen LogP contribution in [0.1, 0.15) is 25.3 Å². The van der Waals surface area contributed by atoms with Crippen LogP contribution in [0.5, 0.6) is 0 Å². The van der Waals surface area contributed by atoms with E-state index in [9.17, 15) is 4.79 Å². The van der Waals surface area contributed by atoms with Gasteiger partial charge in [0.15, 0.2) is 0 Å². The minimum Gasteiger partial charge on any atom is -0.322 e. The summed E-state index contributed by atoms with van der Waals surface area (Å²) >= 11 is 0. The molecule has 0 radical (unpaired) electrons. The van der Waals surface area contributed by atoms with Crippen molar-refractivity contribution in [1.29, 1.82) is 0 Å². The van der Waals surface area contributed by atoms with Crippen molar-refractivity contribution in [3.8, 4) is 0 Å². The summed E-state index contributed by atoms with van der Waals surface area (Å²) in [5.41, 5.74) is 0.674. The molecule has 0 aromatic carbocycles. The molecule has 0 fully saturated rings. The van der Waals surface area contributed by atoms with Gasteiger partial charge in [-0.3, -0.25) is 4.79 Å². The Bertz CT molecular complexity index is 512. The van der Waals surface area contributed by atoms with Crippen LogP contribution in [-0.2, 0) is 0 Å². The fourth-order valence-corrected chi connectivity index (χ4v) is 1.46. The van der Waals surface area contributed by atoms with Gasteiger partial charge in [-0.25, -0.2) is 0 Å². The molecule has 0 aliphatic rings. The Balaban J connectivity index is 3.33. The molecule has 1 aromatic rings. The Morgan fingerprint density at radius 2 is 2.00 bits per heavy atom. The topological polar surface area (TPSA) is 32.9 Å². The number of rotatable bonds is 3. The van der Waals surface area contributed by atoms with Crippen LogP contribution in [0.3, 0.4) is 0 Å². The number of allylic oxidation sites excluding steroid dienone is 1. The van der Waals surface area contributed by atoms with Crippen molar-refractivity contribution in [2.45, 2.75) is 19.8 Å². The quantitative estimate of drug-likeness (QED) is 0.734. The first-order valence-corrected chi connectivity index (χ1v) is 5.01. The second kappa shape index (κ2) is 4.30. The van der Waals surface area contributed by atoms with Gasteiger partial charge in [0, 0.05) is 10.9 Å². The summed E-state index contributed by atoms with van der Waals surface area (Å²) in [4.78, 5) is 14.4. The van der Waals surface area contributed by atoms with Crippen LogP contribution in [0, 0.1) is 5.92 Å². The lowest BCUT2D eigenvalue weighted by molar-refractivity contribution is 0.585. The van der Waals surface area contributed by atoms with Crippen LogP contribution in [0.4, 0.5) is 0 Å². The minimum absolute atomic E-state index is 0.0754. The molecule has 2 atom stereocenters. The van der Waals surface area contributed by atoms with Gasteiger partial charge < -0.3 is 4.98 Å². The maximum Gasteiger partial charge on any atom is 0.251 e. The molecule has 0 aliphatic heterocycles. The van der Waals surface area contributed by atoms with Crippen LogP contribution >= 0.6 is 0 Å². The Hall–Kier alpha value is -1.57. The Labute approximate surface area is 89.7 Å². The summed E-state index contributed by atoms with van der Waals surface area (Å²) in [7, 11) is 0. The van der Waals surface area contributed by atoms with Gasteiger partial charge in [0.05, 0.1) is 0 Å². The van der Waals surface area contributed by atoms with Gasteiger partial charge in [-0.05, 0) is 23.1 Å². The maximum atomic E-state index is 11.7. The normalized spacial score (nSPS) is 14.5. The minimum atomic E-state index is -0.0754. The van der Waals surface area contributed by atoms with Crippen LogP contribution in [-0.4, -0.2) is 4.98 Å². The molecule has 0 amide bonds. The van der Waals surface area contributed by atoms with Crippen molar-refractivity contribution in [2.75, 3.05) is 0 Å². The van der Waals surface area contributed by atoms with Gasteiger partial charge in [-0.15, -0.1) is 6.58 Å². The molecule has 15 heavy (non-hydrogen) atoms. The van der Waals surface area contributed by atoms with E-state index in [0.717, 1.165) is 10.8 Å². The lowest BCUT2D eigenvalue weighted by Crippen LogP contribution is -2.35. The molecule has 1 N–H and O–H groups in total. The monoisotopic (exact) mass is 203 g/mol. The zero-order valence-electron chi connectivity index (χ0n) is 9.34. The number of pyridine rings is 1. The average Bonchev–Trinajstić information content (AvgIpc) is 2.21. The summed E-state index contributed by atoms with van der Waals surface area (Å²) in [5.74, 6) is 0.411. The lowest BCUT2D eigenvalue weighted by atomic mass is 9.90. The first-order chi connectivity index (χ1) is 6.97. The first kappa shape index (κ1) is 11.5. The van der Waals surface area contributed by atoms with Gasteiger partial charge >= 0.3 is 0 Å². The predicted molar refractivity (Wildman–Crippen MR) is 65.1 cm³/mol. The number of nitrogens with one attached hydrogen (secondary N) is 1. The highest BCUT2D eigenvalue weighted by Crippen LogP contribution is 2.20. The molecule has 80 valence electrons. The van der Waals surface area contributed by atoms with Crippen molar-refractivity contribution >= 4 is 13.2 Å². The van der Waals surface area contributed by atoms with E-state index in [1.54, 1.807) is 0 Å². The molecule has 1 rings (SSSR count). The Morgan fingerprint density at radius 1 is 1.40 bits per heavy atom. The molecular weight excluding hydrogens is 186 g/mol. The smallest absolute Gasteiger partial charge is 0.251 e. The van der Waals surface area contributed by atoms with E-state index in [0.29, 0.717) is 5.35 Å². The SMILES string of the molecule is C=CC(C)C(C)c1cc(=C)c(=C)[nH]c1=O. The standard InChI is InChI=1S/C13H17NO/c1-6-8(2)10(4)12-7-9(3)11(5)14-13(12)15/h6-8,10H,1,3,5H2,2,4H3,(H,14,15). The highest BCUT2D eigenvalue weighted by Gasteiger charge is 2.14. The summed E-state index contributed by atoms with van der Waals surface area (Å²) in [6.07, 6.45) is 1.85. The van der Waals surface area contributed by atoms with E-state index in [2.05, 4.69) is 24.7 Å². The van der Waals surface area contributed by atoms with Gasteiger partial charge in [0.25, 0.3) is 5.56 Å². The number of aromatic amines is 1. The van der Waals surface area contributed by atoms with E-state index in [-0.39, 0.29) is 17.4 Å². The molecule has 0 saturated carbocycles. The van der Waals surface area contributed by atoms with Gasteiger partial charge in [-0.1, -0.05) is 33.1 Å². The fourth-order valence-electron chi connectivity index (χ4n) is 1.46. The number of H-pyrrole nitrogens is 1. The molecule has 0 aliphatic carbocycles. The van der Waals surface area contributed by atoms with Crippen LogP contribution < -0.4 is 16.1 Å². The van der Waals surface area contributed by atoms with Crippen molar-refractivity contribution < 1.29 is 0 Å². The molecular formula is C13H17NO. The molecule has 2 unspecified atom stereocenters. The Morgan fingerprint density at radius 3 is 2.53 bits per heavy atom. The van der Waals surface area contributed by atoms with Gasteiger partial charge in [-0.2, -0.15) is 0 Å². The zero-order chi connectivity index (χ0) is 11.6. The first-order valence-electron chi connectivity index (χ1n) is 5.01. The third-order valence-electron chi connectivity index (χ3n) is 2.89. The molecule has 2 heteroatoms. The van der Waals surface area contributed by atoms with E-state index in [4.69, 9.17) is 0 Å². The number of hydrogen-bond donors (Lipinski definition) is 1. The highest BCUT2D eigenvalue weighted by molar-refractivity contribution is 5.21. The van der Waals surface area contributed by atoms with E-state index in [1.807, 2.05) is 26.0 Å². The van der Waals surface area contributed by atoms with Crippen LogP contribution in [0.2, 0.25) is 0 Å².